The predicted molar refractivity (Wildman–Crippen MR) is 284 cm³/mol. The summed E-state index contributed by atoms with van der Waals surface area (Å²) in [5.74, 6) is 3.68. The van der Waals surface area contributed by atoms with Gasteiger partial charge in [-0.2, -0.15) is 0 Å². The van der Waals surface area contributed by atoms with E-state index in [1.165, 1.54) is 115 Å². The van der Waals surface area contributed by atoms with Gasteiger partial charge in [0.2, 0.25) is 0 Å². The molecule has 4 heteroatoms. The Hall–Kier alpha value is -4.44. The van der Waals surface area contributed by atoms with Crippen molar-refractivity contribution < 1.29 is 4.74 Å². The van der Waals surface area contributed by atoms with Gasteiger partial charge in [0.1, 0.15) is 17.3 Å². The lowest BCUT2D eigenvalue weighted by atomic mass is 9.37. The van der Waals surface area contributed by atoms with Crippen molar-refractivity contribution in [1.82, 2.24) is 14.5 Å². The third kappa shape index (κ3) is 8.16. The molecule has 0 spiro atoms. The molecular weight excluding hydrogens is 815 g/mol. The molecule has 3 heterocycles. The van der Waals surface area contributed by atoms with E-state index in [1.807, 2.05) is 0 Å². The molecule has 3 unspecified atom stereocenters. The summed E-state index contributed by atoms with van der Waals surface area (Å²) < 4.78 is 9.24. The Morgan fingerprint density at radius 1 is 0.627 bits per heavy atom. The highest BCUT2D eigenvalue weighted by Crippen LogP contribution is 2.71. The summed E-state index contributed by atoms with van der Waals surface area (Å²) in [6.45, 7) is 36.8. The van der Waals surface area contributed by atoms with E-state index >= 15 is 0 Å². The molecule has 0 saturated heterocycles. The fourth-order valence-corrected chi connectivity index (χ4v) is 14.7. The zero-order valence-electron chi connectivity index (χ0n) is 44.3. The van der Waals surface area contributed by atoms with Crippen LogP contribution in [-0.2, 0) is 16.2 Å². The number of fused-ring (bicyclic) bond motifs is 3. The van der Waals surface area contributed by atoms with Crippen LogP contribution in [0, 0.1) is 34.5 Å². The quantitative estimate of drug-likeness (QED) is 0.160. The maximum Gasteiger partial charge on any atom is 0.137 e. The molecule has 0 radical (unpaired) electrons. The fraction of sp³-hybridized carbons (Fsp3) is 0.556. The van der Waals surface area contributed by atoms with Crippen LogP contribution in [0.2, 0.25) is 0 Å². The third-order valence-electron chi connectivity index (χ3n) is 19.0. The molecule has 3 aliphatic carbocycles. The highest BCUT2D eigenvalue weighted by atomic mass is 16.5. The third-order valence-corrected chi connectivity index (χ3v) is 19.0. The molecule has 9 rings (SSSR count). The molecular formula is C63H83N3O. The highest BCUT2D eigenvalue weighted by molar-refractivity contribution is 6.09. The maximum atomic E-state index is 6.86. The molecule has 3 atom stereocenters. The highest BCUT2D eigenvalue weighted by Gasteiger charge is 2.63. The summed E-state index contributed by atoms with van der Waals surface area (Å²) in [5.41, 5.74) is 12.6. The van der Waals surface area contributed by atoms with Crippen molar-refractivity contribution in [1.29, 1.82) is 0 Å². The average Bonchev–Trinajstić information content (AvgIpc) is 3.58. The van der Waals surface area contributed by atoms with Gasteiger partial charge in [-0.15, -0.1) is 0 Å². The molecule has 0 amide bonds. The standard InChI is InChI=1S/C63H83N3O/c1-41-38-62(14,63(15)59(9,10)28-20-29-60(63,11)12)32-27-47(41)49-36-53(64-39-42(49)2)43-21-19-22-45(33-43)67-46-24-25-48-50-34-44(61(13)30-17-16-18-31-61)23-26-54(50)66(55(48)35-46)56-37-51(57(3,4)5)52(40-65-56)58(6,7)8/h19,21-26,33-37,39-41,47H,16-18,20,27-32,38H2,1-15H3. The van der Waals surface area contributed by atoms with Crippen LogP contribution in [0.5, 0.6) is 11.5 Å². The minimum Gasteiger partial charge on any atom is -0.457 e. The molecule has 4 nitrogen and oxygen atoms in total. The van der Waals surface area contributed by atoms with Gasteiger partial charge in [0.15, 0.2) is 0 Å². The van der Waals surface area contributed by atoms with Crippen molar-refractivity contribution in [3.63, 3.8) is 0 Å². The van der Waals surface area contributed by atoms with E-state index in [2.05, 4.69) is 194 Å². The molecule has 6 aromatic rings. The Balaban J connectivity index is 1.05. The number of aryl methyl sites for hydroxylation is 1. The number of benzene rings is 3. The number of hydrogen-bond acceptors (Lipinski definition) is 3. The van der Waals surface area contributed by atoms with E-state index < -0.39 is 0 Å². The van der Waals surface area contributed by atoms with E-state index in [-0.39, 0.29) is 21.7 Å². The predicted octanol–water partition coefficient (Wildman–Crippen LogP) is 18.3. The van der Waals surface area contributed by atoms with Crippen LogP contribution < -0.4 is 4.74 Å². The van der Waals surface area contributed by atoms with Gasteiger partial charge in [0, 0.05) is 34.8 Å². The van der Waals surface area contributed by atoms with Crippen LogP contribution in [0.3, 0.4) is 0 Å². The van der Waals surface area contributed by atoms with E-state index in [0.717, 1.165) is 34.1 Å². The summed E-state index contributed by atoms with van der Waals surface area (Å²) in [4.78, 5) is 10.3. The van der Waals surface area contributed by atoms with Gasteiger partial charge in [-0.1, -0.05) is 141 Å². The van der Waals surface area contributed by atoms with Gasteiger partial charge in [-0.3, -0.25) is 9.55 Å². The van der Waals surface area contributed by atoms with E-state index in [1.54, 1.807) is 0 Å². The van der Waals surface area contributed by atoms with Gasteiger partial charge in [0.05, 0.1) is 16.7 Å². The average molecular weight is 898 g/mol. The van der Waals surface area contributed by atoms with Gasteiger partial charge in [-0.25, -0.2) is 4.98 Å². The van der Waals surface area contributed by atoms with Crippen molar-refractivity contribution in [2.24, 2.45) is 27.6 Å². The van der Waals surface area contributed by atoms with Crippen molar-refractivity contribution >= 4 is 21.8 Å². The second kappa shape index (κ2) is 16.6. The second-order valence-electron chi connectivity index (χ2n) is 26.1. The summed E-state index contributed by atoms with van der Waals surface area (Å²) in [6, 6.07) is 27.2. The lowest BCUT2D eigenvalue weighted by molar-refractivity contribution is -0.184. The summed E-state index contributed by atoms with van der Waals surface area (Å²) in [5, 5.41) is 2.51. The number of rotatable bonds is 7. The molecule has 356 valence electrons. The summed E-state index contributed by atoms with van der Waals surface area (Å²) in [7, 11) is 0. The summed E-state index contributed by atoms with van der Waals surface area (Å²) in [6.07, 6.45) is 18.4. The number of pyridine rings is 2. The lowest BCUT2D eigenvalue weighted by Gasteiger charge is -2.68. The SMILES string of the molecule is Cc1cnc(-c2cccc(Oc3ccc4c5cc(C6(C)CCCCC6)ccc5n(-c5cc(C(C)(C)C)c(C(C)(C)C)cn5)c4c3)c2)cc1C1CCC(C)(C2(C)C(C)(C)CCCC2(C)C)CC1C. The van der Waals surface area contributed by atoms with Crippen molar-refractivity contribution in [3.05, 3.63) is 113 Å². The monoisotopic (exact) mass is 898 g/mol. The van der Waals surface area contributed by atoms with Gasteiger partial charge >= 0.3 is 0 Å². The molecule has 3 fully saturated rings. The first-order valence-electron chi connectivity index (χ1n) is 26.2. The number of ether oxygens (including phenoxy) is 1. The molecule has 3 saturated carbocycles. The first kappa shape index (κ1) is 47.6. The Morgan fingerprint density at radius 3 is 1.99 bits per heavy atom. The van der Waals surface area contributed by atoms with Crippen LogP contribution in [0.25, 0.3) is 38.9 Å². The first-order chi connectivity index (χ1) is 31.4. The zero-order valence-corrected chi connectivity index (χ0v) is 44.3. The number of aromatic nitrogens is 3. The Bertz CT molecular complexity index is 2800. The molecule has 3 aromatic heterocycles. The lowest BCUT2D eigenvalue weighted by Crippen LogP contribution is -2.60. The van der Waals surface area contributed by atoms with Gasteiger partial charge in [0.25, 0.3) is 0 Å². The van der Waals surface area contributed by atoms with Gasteiger partial charge in [-0.05, 0) is 178 Å². The Labute approximate surface area is 405 Å². The van der Waals surface area contributed by atoms with Crippen LogP contribution in [0.4, 0.5) is 0 Å². The molecule has 0 aliphatic heterocycles. The molecule has 3 aliphatic rings. The molecule has 0 N–H and O–H groups in total. The Kier molecular flexibility index (Phi) is 11.8. The molecule has 3 aromatic carbocycles. The molecule has 0 bridgehead atoms. The smallest absolute Gasteiger partial charge is 0.137 e. The maximum absolute atomic E-state index is 6.86. The van der Waals surface area contributed by atoms with Crippen LogP contribution in [0.1, 0.15) is 201 Å². The van der Waals surface area contributed by atoms with Crippen LogP contribution in [-0.4, -0.2) is 14.5 Å². The fourth-order valence-electron chi connectivity index (χ4n) is 14.7. The number of nitrogens with zero attached hydrogens (tertiary/aromatic N) is 3. The van der Waals surface area contributed by atoms with Crippen LogP contribution >= 0.6 is 0 Å². The van der Waals surface area contributed by atoms with E-state index in [9.17, 15) is 0 Å². The minimum atomic E-state index is -0.0495. The van der Waals surface area contributed by atoms with Crippen LogP contribution in [0.15, 0.2) is 85.2 Å². The largest absolute Gasteiger partial charge is 0.457 e. The van der Waals surface area contributed by atoms with Crippen molar-refractivity contribution in [3.8, 4) is 28.6 Å². The van der Waals surface area contributed by atoms with Gasteiger partial charge < -0.3 is 4.74 Å². The van der Waals surface area contributed by atoms with Crippen molar-refractivity contribution in [2.75, 3.05) is 0 Å². The Morgan fingerprint density at radius 2 is 1.31 bits per heavy atom. The van der Waals surface area contributed by atoms with E-state index in [0.29, 0.717) is 28.1 Å². The van der Waals surface area contributed by atoms with E-state index in [4.69, 9.17) is 14.7 Å². The second-order valence-corrected chi connectivity index (χ2v) is 26.1. The van der Waals surface area contributed by atoms with Crippen molar-refractivity contribution in [2.45, 2.75) is 197 Å². The minimum absolute atomic E-state index is 0.0247. The topological polar surface area (TPSA) is 39.9 Å². The zero-order chi connectivity index (χ0) is 48.1. The summed E-state index contributed by atoms with van der Waals surface area (Å²) >= 11 is 0. The normalized spacial score (nSPS) is 23.9. The first-order valence-corrected chi connectivity index (χ1v) is 26.2. The number of hydrogen-bond donors (Lipinski definition) is 0. The molecule has 67 heavy (non-hydrogen) atoms.